The number of hydrogen-bond donors (Lipinski definition) is 1. The van der Waals surface area contributed by atoms with Crippen LogP contribution < -0.4 is 5.32 Å². The van der Waals surface area contributed by atoms with E-state index in [2.05, 4.69) is 5.32 Å². The number of amides is 1. The van der Waals surface area contributed by atoms with Crippen LogP contribution in [0.2, 0.25) is 0 Å². The van der Waals surface area contributed by atoms with Crippen LogP contribution in [0.3, 0.4) is 0 Å². The van der Waals surface area contributed by atoms with Gasteiger partial charge in [-0.2, -0.15) is 0 Å². The second-order valence-corrected chi connectivity index (χ2v) is 5.95. The van der Waals surface area contributed by atoms with E-state index < -0.39 is 18.5 Å². The van der Waals surface area contributed by atoms with Gasteiger partial charge in [0.2, 0.25) is 0 Å². The van der Waals surface area contributed by atoms with Crippen molar-refractivity contribution in [2.75, 3.05) is 11.9 Å². The minimum atomic E-state index is -0.652. The molecule has 0 radical (unpaired) electrons. The molecule has 0 bridgehead atoms. The average Bonchev–Trinajstić information content (AvgIpc) is 3.00. The minimum absolute atomic E-state index is 0.164. The van der Waals surface area contributed by atoms with E-state index in [1.54, 1.807) is 34.9 Å². The Bertz CT molecular complexity index is 1000. The Kier molecular flexibility index (Phi) is 4.84. The largest absolute Gasteiger partial charge is 0.452 e. The number of rotatable bonds is 5. The van der Waals surface area contributed by atoms with Gasteiger partial charge in [0, 0.05) is 18.8 Å². The molecule has 132 valence electrons. The molecular weight excluding hydrogens is 332 g/mol. The maximum Gasteiger partial charge on any atom is 0.340 e. The number of aromatic nitrogens is 1. The van der Waals surface area contributed by atoms with Gasteiger partial charge in [-0.15, -0.1) is 0 Å². The van der Waals surface area contributed by atoms with E-state index >= 15 is 0 Å². The maximum absolute atomic E-state index is 12.4. The van der Waals surface area contributed by atoms with E-state index in [1.165, 1.54) is 13.0 Å². The molecule has 0 fully saturated rings. The monoisotopic (exact) mass is 350 g/mol. The fourth-order valence-electron chi connectivity index (χ4n) is 2.72. The third-order valence-electron chi connectivity index (χ3n) is 3.89. The molecule has 2 heterocycles. The number of ketones is 1. The fraction of sp³-hybridized carbons (Fsp3) is 0.150. The van der Waals surface area contributed by atoms with Crippen molar-refractivity contribution in [3.63, 3.8) is 0 Å². The lowest BCUT2D eigenvalue weighted by Crippen LogP contribution is -2.20. The quantitative estimate of drug-likeness (QED) is 0.566. The highest BCUT2D eigenvalue weighted by atomic mass is 16.5. The van der Waals surface area contributed by atoms with Crippen molar-refractivity contribution < 1.29 is 19.1 Å². The number of aryl methyl sites for hydroxylation is 1. The first-order valence-corrected chi connectivity index (χ1v) is 8.10. The number of anilines is 1. The number of carbonyl (C=O) groups excluding carboxylic acids is 3. The summed E-state index contributed by atoms with van der Waals surface area (Å²) in [5.41, 5.74) is 2.84. The summed E-state index contributed by atoms with van der Waals surface area (Å²) < 4.78 is 6.75. The molecule has 0 aliphatic rings. The molecule has 1 amide bonds. The SMILES string of the molecule is CC(=O)c1cc(C(=O)OCC(=O)Nc2cccc(C)c2)c2ccccn12. The second-order valence-electron chi connectivity index (χ2n) is 5.95. The lowest BCUT2D eigenvalue weighted by Gasteiger charge is -2.07. The third-order valence-corrected chi connectivity index (χ3v) is 3.89. The van der Waals surface area contributed by atoms with E-state index in [-0.39, 0.29) is 11.3 Å². The molecule has 0 unspecified atom stereocenters. The Morgan fingerprint density at radius 2 is 1.88 bits per heavy atom. The number of Topliss-reactive ketones (excluding diaryl/α,β-unsaturated/α-hetero) is 1. The summed E-state index contributed by atoms with van der Waals surface area (Å²) >= 11 is 0. The summed E-state index contributed by atoms with van der Waals surface area (Å²) in [6.07, 6.45) is 1.70. The molecule has 0 atom stereocenters. The van der Waals surface area contributed by atoms with E-state index in [0.717, 1.165) is 5.56 Å². The Labute approximate surface area is 150 Å². The summed E-state index contributed by atoms with van der Waals surface area (Å²) in [4.78, 5) is 36.1. The number of hydrogen-bond acceptors (Lipinski definition) is 4. The van der Waals surface area contributed by atoms with Crippen LogP contribution >= 0.6 is 0 Å². The molecule has 3 aromatic rings. The molecule has 0 aliphatic carbocycles. The summed E-state index contributed by atoms with van der Waals surface area (Å²) in [7, 11) is 0. The Morgan fingerprint density at radius 3 is 2.62 bits per heavy atom. The van der Waals surface area contributed by atoms with Crippen molar-refractivity contribution in [3.05, 3.63) is 71.5 Å². The van der Waals surface area contributed by atoms with Crippen LogP contribution in [0.25, 0.3) is 5.52 Å². The van der Waals surface area contributed by atoms with Crippen molar-refractivity contribution in [1.82, 2.24) is 4.40 Å². The summed E-state index contributed by atoms with van der Waals surface area (Å²) in [6, 6.07) is 14.1. The topological polar surface area (TPSA) is 76.9 Å². The van der Waals surface area contributed by atoms with Crippen LogP contribution in [0.4, 0.5) is 5.69 Å². The van der Waals surface area contributed by atoms with Crippen LogP contribution in [0.1, 0.15) is 33.3 Å². The zero-order chi connectivity index (χ0) is 18.7. The van der Waals surface area contributed by atoms with Crippen LogP contribution in [-0.2, 0) is 9.53 Å². The molecule has 26 heavy (non-hydrogen) atoms. The first-order chi connectivity index (χ1) is 12.5. The zero-order valence-electron chi connectivity index (χ0n) is 14.5. The summed E-state index contributed by atoms with van der Waals surface area (Å²) in [5.74, 6) is -1.25. The highest BCUT2D eigenvalue weighted by Gasteiger charge is 2.19. The van der Waals surface area contributed by atoms with Gasteiger partial charge >= 0.3 is 5.97 Å². The van der Waals surface area contributed by atoms with E-state index in [0.29, 0.717) is 16.9 Å². The minimum Gasteiger partial charge on any atom is -0.452 e. The van der Waals surface area contributed by atoms with Crippen LogP contribution in [-0.4, -0.2) is 28.7 Å². The number of ether oxygens (including phenoxy) is 1. The van der Waals surface area contributed by atoms with Crippen LogP contribution in [0, 0.1) is 6.92 Å². The fourth-order valence-corrected chi connectivity index (χ4v) is 2.72. The van der Waals surface area contributed by atoms with Gasteiger partial charge in [-0.25, -0.2) is 4.79 Å². The van der Waals surface area contributed by atoms with Crippen LogP contribution in [0.15, 0.2) is 54.7 Å². The van der Waals surface area contributed by atoms with Gasteiger partial charge in [0.05, 0.1) is 16.8 Å². The van der Waals surface area contributed by atoms with Gasteiger partial charge in [0.1, 0.15) is 0 Å². The van der Waals surface area contributed by atoms with Gasteiger partial charge in [0.25, 0.3) is 5.91 Å². The highest BCUT2D eigenvalue weighted by molar-refractivity contribution is 6.04. The smallest absolute Gasteiger partial charge is 0.340 e. The number of nitrogens with zero attached hydrogens (tertiary/aromatic N) is 1. The molecule has 0 aliphatic heterocycles. The van der Waals surface area contributed by atoms with Crippen molar-refractivity contribution >= 4 is 28.9 Å². The number of fused-ring (bicyclic) bond motifs is 1. The Balaban J connectivity index is 1.71. The summed E-state index contributed by atoms with van der Waals surface area (Å²) in [5, 5.41) is 2.67. The van der Waals surface area contributed by atoms with Gasteiger partial charge < -0.3 is 14.5 Å². The molecule has 6 heteroatoms. The first-order valence-electron chi connectivity index (χ1n) is 8.10. The van der Waals surface area contributed by atoms with E-state index in [9.17, 15) is 14.4 Å². The van der Waals surface area contributed by atoms with Gasteiger partial charge in [-0.05, 0) is 42.8 Å². The normalized spacial score (nSPS) is 10.5. The predicted octanol–water partition coefficient (Wildman–Crippen LogP) is 3.25. The van der Waals surface area contributed by atoms with Gasteiger partial charge in [0.15, 0.2) is 12.4 Å². The molecular formula is C20H18N2O4. The Morgan fingerprint density at radius 1 is 1.08 bits per heavy atom. The molecule has 1 N–H and O–H groups in total. The molecule has 3 rings (SSSR count). The molecule has 0 saturated heterocycles. The zero-order valence-corrected chi connectivity index (χ0v) is 14.5. The lowest BCUT2D eigenvalue weighted by atomic mass is 10.2. The summed E-state index contributed by atoms with van der Waals surface area (Å²) in [6.45, 7) is 2.94. The van der Waals surface area contributed by atoms with Crippen molar-refractivity contribution in [3.8, 4) is 0 Å². The van der Waals surface area contributed by atoms with Gasteiger partial charge in [-0.1, -0.05) is 18.2 Å². The Hall–Kier alpha value is -3.41. The predicted molar refractivity (Wildman–Crippen MR) is 97.5 cm³/mol. The number of nitrogens with one attached hydrogen (secondary N) is 1. The lowest BCUT2D eigenvalue weighted by molar-refractivity contribution is -0.119. The van der Waals surface area contributed by atoms with Crippen LogP contribution in [0.5, 0.6) is 0 Å². The number of esters is 1. The van der Waals surface area contributed by atoms with Crippen molar-refractivity contribution in [2.24, 2.45) is 0 Å². The van der Waals surface area contributed by atoms with E-state index in [1.807, 2.05) is 25.1 Å². The van der Waals surface area contributed by atoms with Crippen molar-refractivity contribution in [2.45, 2.75) is 13.8 Å². The number of carbonyl (C=O) groups is 3. The van der Waals surface area contributed by atoms with Crippen molar-refractivity contribution in [1.29, 1.82) is 0 Å². The van der Waals surface area contributed by atoms with E-state index in [4.69, 9.17) is 4.74 Å². The molecule has 1 aromatic carbocycles. The molecule has 0 spiro atoms. The average molecular weight is 350 g/mol. The van der Waals surface area contributed by atoms with Gasteiger partial charge in [-0.3, -0.25) is 9.59 Å². The molecule has 2 aromatic heterocycles. The maximum atomic E-state index is 12.4. The standard InChI is InChI=1S/C20H18N2O4/c1-13-6-5-7-15(10-13)21-19(24)12-26-20(25)16-11-18(14(2)23)22-9-4-3-8-17(16)22/h3-11H,12H2,1-2H3,(H,21,24). The molecule has 6 nitrogen and oxygen atoms in total. The number of benzene rings is 1. The number of pyridine rings is 1. The highest BCUT2D eigenvalue weighted by Crippen LogP contribution is 2.18. The molecule has 0 saturated carbocycles. The first kappa shape index (κ1) is 17.4. The third kappa shape index (κ3) is 3.64. The second kappa shape index (κ2) is 7.23.